The number of hydrogen-bond acceptors (Lipinski definition) is 5. The highest BCUT2D eigenvalue weighted by atomic mass is 32.2. The SMILES string of the molecule is CC(C)(C)[S@@+]([O-])N[C@@]1(c2ccc(OC(F)(F)F)c(F)c2)COc2cccnc21. The molecule has 3 rings (SSSR count). The van der Waals surface area contributed by atoms with Crippen molar-refractivity contribution >= 4 is 11.4 Å². The summed E-state index contributed by atoms with van der Waals surface area (Å²) in [6.45, 7) is 5.19. The second kappa shape index (κ2) is 7.09. The molecule has 0 radical (unpaired) electrons. The third-order valence-corrected chi connectivity index (χ3v) is 5.74. The maximum atomic E-state index is 14.4. The van der Waals surface area contributed by atoms with E-state index < -0.39 is 39.6 Å². The molecule has 28 heavy (non-hydrogen) atoms. The van der Waals surface area contributed by atoms with Gasteiger partial charge in [0.15, 0.2) is 17.1 Å². The van der Waals surface area contributed by atoms with Crippen molar-refractivity contribution in [2.24, 2.45) is 0 Å². The molecule has 2 atom stereocenters. The summed E-state index contributed by atoms with van der Waals surface area (Å²) in [4.78, 5) is 4.28. The van der Waals surface area contributed by atoms with Gasteiger partial charge in [-0.2, -0.15) is 0 Å². The third kappa shape index (κ3) is 4.03. The fraction of sp³-hybridized carbons (Fsp3) is 0.389. The molecule has 5 nitrogen and oxygen atoms in total. The minimum absolute atomic E-state index is 0.0555. The Morgan fingerprint density at radius 1 is 1.25 bits per heavy atom. The molecule has 0 saturated heterocycles. The van der Waals surface area contributed by atoms with Gasteiger partial charge >= 0.3 is 6.36 Å². The minimum atomic E-state index is -5.02. The van der Waals surface area contributed by atoms with Gasteiger partial charge in [-0.25, -0.2) is 4.39 Å². The van der Waals surface area contributed by atoms with Gasteiger partial charge in [0, 0.05) is 17.6 Å². The van der Waals surface area contributed by atoms with Crippen LogP contribution in [0.2, 0.25) is 0 Å². The summed E-state index contributed by atoms with van der Waals surface area (Å²) in [6.07, 6.45) is -3.52. The van der Waals surface area contributed by atoms with Gasteiger partial charge in [0.2, 0.25) is 0 Å². The predicted molar refractivity (Wildman–Crippen MR) is 94.6 cm³/mol. The second-order valence-corrected chi connectivity index (χ2v) is 9.19. The molecular formula is C18H18F4N2O3S. The molecule has 1 aromatic carbocycles. The molecule has 1 aliphatic rings. The van der Waals surface area contributed by atoms with E-state index in [1.807, 2.05) is 0 Å². The smallest absolute Gasteiger partial charge is 0.573 e. The first-order chi connectivity index (χ1) is 12.9. The van der Waals surface area contributed by atoms with E-state index in [9.17, 15) is 22.1 Å². The number of nitrogens with zero attached hydrogens (tertiary/aromatic N) is 1. The largest absolute Gasteiger partial charge is 0.598 e. The summed E-state index contributed by atoms with van der Waals surface area (Å²) < 4.78 is 76.1. The van der Waals surface area contributed by atoms with Crippen LogP contribution in [0.3, 0.4) is 0 Å². The highest BCUT2D eigenvalue weighted by Gasteiger charge is 2.49. The number of alkyl halides is 3. The molecule has 1 N–H and O–H groups in total. The van der Waals surface area contributed by atoms with E-state index >= 15 is 0 Å². The molecule has 0 amide bonds. The Kier molecular flexibility index (Phi) is 5.24. The predicted octanol–water partition coefficient (Wildman–Crippen LogP) is 3.81. The van der Waals surface area contributed by atoms with Crippen LogP contribution in [-0.4, -0.2) is 27.3 Å². The van der Waals surface area contributed by atoms with Crippen LogP contribution >= 0.6 is 0 Å². The van der Waals surface area contributed by atoms with E-state index in [1.54, 1.807) is 32.9 Å². The zero-order valence-electron chi connectivity index (χ0n) is 15.3. The Hall–Kier alpha value is -2.04. The Balaban J connectivity index is 2.08. The zero-order valence-corrected chi connectivity index (χ0v) is 16.1. The summed E-state index contributed by atoms with van der Waals surface area (Å²) in [5.74, 6) is -1.75. The van der Waals surface area contributed by atoms with Crippen molar-refractivity contribution in [3.63, 3.8) is 0 Å². The molecule has 2 heterocycles. The molecule has 1 aromatic heterocycles. The quantitative estimate of drug-likeness (QED) is 0.604. The van der Waals surface area contributed by atoms with Gasteiger partial charge in [-0.15, -0.1) is 17.9 Å². The molecule has 0 fully saturated rings. The van der Waals surface area contributed by atoms with Crippen molar-refractivity contribution in [3.05, 3.63) is 53.6 Å². The normalized spacial score (nSPS) is 20.4. The van der Waals surface area contributed by atoms with Gasteiger partial charge in [-0.05, 0) is 50.6 Å². The highest BCUT2D eigenvalue weighted by Crippen LogP contribution is 2.42. The lowest BCUT2D eigenvalue weighted by Crippen LogP contribution is -2.53. The molecule has 0 spiro atoms. The van der Waals surface area contributed by atoms with Crippen LogP contribution in [0.4, 0.5) is 17.6 Å². The van der Waals surface area contributed by atoms with E-state index in [0.29, 0.717) is 11.4 Å². The lowest BCUT2D eigenvalue weighted by Gasteiger charge is -2.33. The Labute approximate surface area is 162 Å². The van der Waals surface area contributed by atoms with Gasteiger partial charge in [-0.1, -0.05) is 6.07 Å². The highest BCUT2D eigenvalue weighted by molar-refractivity contribution is 7.90. The average molecular weight is 418 g/mol. The van der Waals surface area contributed by atoms with Crippen molar-refractivity contribution < 1.29 is 31.6 Å². The fourth-order valence-corrected chi connectivity index (χ4v) is 3.62. The molecule has 2 aromatic rings. The molecule has 10 heteroatoms. The van der Waals surface area contributed by atoms with Gasteiger partial charge in [0.25, 0.3) is 0 Å². The van der Waals surface area contributed by atoms with Crippen LogP contribution < -0.4 is 14.2 Å². The Morgan fingerprint density at radius 3 is 2.57 bits per heavy atom. The number of nitrogens with one attached hydrogen (secondary N) is 1. The molecule has 1 aliphatic heterocycles. The van der Waals surface area contributed by atoms with Gasteiger partial charge in [-0.3, -0.25) is 4.98 Å². The number of pyridine rings is 1. The zero-order chi connectivity index (χ0) is 20.7. The van der Waals surface area contributed by atoms with Crippen molar-refractivity contribution in [2.75, 3.05) is 6.61 Å². The molecule has 0 aliphatic carbocycles. The fourth-order valence-electron chi connectivity index (χ4n) is 2.72. The van der Waals surface area contributed by atoms with Crippen LogP contribution in [0.5, 0.6) is 11.5 Å². The van der Waals surface area contributed by atoms with E-state index in [1.165, 1.54) is 12.3 Å². The molecule has 0 unspecified atom stereocenters. The van der Waals surface area contributed by atoms with Crippen LogP contribution in [0.25, 0.3) is 0 Å². The van der Waals surface area contributed by atoms with Crippen molar-refractivity contribution in [3.8, 4) is 11.5 Å². The van der Waals surface area contributed by atoms with E-state index in [4.69, 9.17) is 4.74 Å². The van der Waals surface area contributed by atoms with E-state index in [-0.39, 0.29) is 12.2 Å². The standard InChI is InChI=1S/C18H18F4N2O3S/c1-16(2,3)28(25)24-17(10-26-14-5-4-8-23-15(14)17)11-6-7-13(12(19)9-11)27-18(20,21)22/h4-9,24H,10H2,1-3H3/t17-,28-/m1/s1. The van der Waals surface area contributed by atoms with Crippen molar-refractivity contribution in [1.82, 2.24) is 9.71 Å². The summed E-state index contributed by atoms with van der Waals surface area (Å²) in [5, 5.41) is 0. The first-order valence-corrected chi connectivity index (χ1v) is 9.41. The molecule has 0 saturated carbocycles. The topological polar surface area (TPSA) is 66.4 Å². The lowest BCUT2D eigenvalue weighted by molar-refractivity contribution is -0.275. The number of rotatable bonds is 4. The summed E-state index contributed by atoms with van der Waals surface area (Å²) in [6, 6.07) is 6.35. The lowest BCUT2D eigenvalue weighted by atomic mass is 9.89. The number of fused-ring (bicyclic) bond motifs is 1. The molecule has 152 valence electrons. The van der Waals surface area contributed by atoms with Crippen LogP contribution in [-0.2, 0) is 16.9 Å². The molecular weight excluding hydrogens is 400 g/mol. The number of hydrogen-bond donors (Lipinski definition) is 1. The van der Waals surface area contributed by atoms with Crippen LogP contribution in [0.1, 0.15) is 32.0 Å². The van der Waals surface area contributed by atoms with Crippen molar-refractivity contribution in [1.29, 1.82) is 0 Å². The molecule has 0 bridgehead atoms. The maximum absolute atomic E-state index is 14.4. The number of benzene rings is 1. The first-order valence-electron chi connectivity index (χ1n) is 8.26. The minimum Gasteiger partial charge on any atom is -0.598 e. The van der Waals surface area contributed by atoms with Crippen molar-refractivity contribution in [2.45, 2.75) is 37.4 Å². The monoisotopic (exact) mass is 418 g/mol. The first kappa shape index (κ1) is 20.7. The third-order valence-electron chi connectivity index (χ3n) is 4.09. The van der Waals surface area contributed by atoms with E-state index in [0.717, 1.165) is 12.1 Å². The number of halogens is 4. The van der Waals surface area contributed by atoms with Crippen LogP contribution in [0.15, 0.2) is 36.5 Å². The number of aromatic nitrogens is 1. The average Bonchev–Trinajstić information content (AvgIpc) is 2.95. The summed E-state index contributed by atoms with van der Waals surface area (Å²) in [7, 11) is 0. The van der Waals surface area contributed by atoms with Gasteiger partial charge < -0.3 is 14.0 Å². The number of ether oxygens (including phenoxy) is 2. The summed E-state index contributed by atoms with van der Waals surface area (Å²) >= 11 is -1.61. The Morgan fingerprint density at radius 2 is 1.96 bits per heavy atom. The van der Waals surface area contributed by atoms with Crippen LogP contribution in [0, 0.1) is 5.82 Å². The van der Waals surface area contributed by atoms with Gasteiger partial charge in [0.1, 0.15) is 22.8 Å². The Bertz CT molecular complexity index is 873. The maximum Gasteiger partial charge on any atom is 0.573 e. The van der Waals surface area contributed by atoms with Gasteiger partial charge in [0.05, 0.1) is 0 Å². The van der Waals surface area contributed by atoms with E-state index in [2.05, 4.69) is 14.4 Å². The second-order valence-electron chi connectivity index (χ2n) is 7.22. The summed E-state index contributed by atoms with van der Waals surface area (Å²) in [5.41, 5.74) is -0.710.